The number of hydrogen-bond acceptors (Lipinski definition) is 3. The van der Waals surface area contributed by atoms with Gasteiger partial charge in [0, 0.05) is 6.42 Å². The Bertz CT molecular complexity index is 1240. The molecule has 0 aromatic heterocycles. The van der Waals surface area contributed by atoms with E-state index < -0.39 is 48.7 Å². The van der Waals surface area contributed by atoms with Gasteiger partial charge in [-0.1, -0.05) is 51.5 Å². The maximum atomic E-state index is 13.9. The van der Waals surface area contributed by atoms with Crippen molar-refractivity contribution in [2.24, 2.45) is 29.1 Å². The lowest BCUT2D eigenvalue weighted by atomic mass is 9.52. The van der Waals surface area contributed by atoms with Crippen molar-refractivity contribution in [3.63, 3.8) is 0 Å². The molecule has 268 valence electrons. The maximum absolute atomic E-state index is 13.9. The largest absolute Gasteiger partial charge is 0.508 e. The van der Waals surface area contributed by atoms with Gasteiger partial charge in [0.25, 0.3) is 0 Å². The lowest BCUT2D eigenvalue weighted by molar-refractivity contribution is -0.396. The monoisotopic (exact) mass is 688 g/mol. The van der Waals surface area contributed by atoms with Crippen LogP contribution in [0.1, 0.15) is 114 Å². The van der Waals surface area contributed by atoms with Crippen LogP contribution in [-0.2, 0) is 11.2 Å². The molecule has 2 saturated carbocycles. The van der Waals surface area contributed by atoms with Crippen LogP contribution in [0.2, 0.25) is 0 Å². The number of rotatable bonds is 15. The first-order chi connectivity index (χ1) is 21.7. The number of phenols is 1. The molecule has 3 N–H and O–H groups in total. The van der Waals surface area contributed by atoms with Gasteiger partial charge in [0.05, 0.1) is 12.0 Å². The van der Waals surface area contributed by atoms with E-state index in [9.17, 15) is 59.6 Å². The number of hydrogen-bond donors (Lipinski definition) is 3. The highest BCUT2D eigenvalue weighted by atomic mass is 19.4. The highest BCUT2D eigenvalue weighted by molar-refractivity contribution is 5.69. The Morgan fingerprint density at radius 3 is 2.17 bits per heavy atom. The number of phenolic OH excluding ortho intramolecular Hbond substituents is 1. The van der Waals surface area contributed by atoms with Crippen LogP contribution in [-0.4, -0.2) is 51.3 Å². The van der Waals surface area contributed by atoms with Crippen LogP contribution in [0, 0.1) is 29.1 Å². The molecule has 0 amide bonds. The first-order valence-corrected chi connectivity index (χ1v) is 16.7. The van der Waals surface area contributed by atoms with Crippen molar-refractivity contribution < 1.29 is 59.6 Å². The molecule has 1 aromatic rings. The quantitative estimate of drug-likeness (QED) is 0.127. The molecule has 2 fully saturated rings. The van der Waals surface area contributed by atoms with E-state index in [1.54, 1.807) is 6.07 Å². The average molecular weight is 689 g/mol. The number of aliphatic carboxylic acids is 1. The summed E-state index contributed by atoms with van der Waals surface area (Å²) < 4.78 is 118. The summed E-state index contributed by atoms with van der Waals surface area (Å²) in [5.74, 6) is -20.8. The standard InChI is InChI=1S/C34H45F9O4/c1-30-16-15-25-24-11-10-23(44)19-22(24)18-21(28(25)26(30)12-13-27(30)45)9-7-5-3-2-4-6-8-20(29(46)47)14-17-31(35,36)32(37,38)33(39,40)34(41,42)43/h10-11,19-21,25-28,44-45H,2-9,12-18H2,1H3,(H,46,47)/t20?,21?,25?,26?,27?,28?,30-/m0/s1. The third-order valence-electron chi connectivity index (χ3n) is 11.6. The zero-order valence-electron chi connectivity index (χ0n) is 26.5. The molecule has 0 spiro atoms. The van der Waals surface area contributed by atoms with Gasteiger partial charge in [-0.05, 0) is 104 Å². The number of fused-ring (bicyclic) bond motifs is 5. The second-order valence-corrected chi connectivity index (χ2v) is 14.4. The maximum Gasteiger partial charge on any atom is 0.460 e. The summed E-state index contributed by atoms with van der Waals surface area (Å²) in [7, 11) is 0. The average Bonchev–Trinajstić information content (AvgIpc) is 3.28. The van der Waals surface area contributed by atoms with E-state index in [4.69, 9.17) is 0 Å². The minimum Gasteiger partial charge on any atom is -0.508 e. The van der Waals surface area contributed by atoms with Crippen LogP contribution in [0.3, 0.4) is 0 Å². The van der Waals surface area contributed by atoms with Gasteiger partial charge in [-0.3, -0.25) is 4.79 Å². The van der Waals surface area contributed by atoms with Crippen molar-refractivity contribution in [1.29, 1.82) is 0 Å². The van der Waals surface area contributed by atoms with Gasteiger partial charge in [-0.25, -0.2) is 0 Å². The molecule has 47 heavy (non-hydrogen) atoms. The number of unbranched alkanes of at least 4 members (excludes halogenated alkanes) is 5. The molecule has 0 bridgehead atoms. The first kappa shape index (κ1) is 37.6. The highest BCUT2D eigenvalue weighted by Gasteiger charge is 2.81. The van der Waals surface area contributed by atoms with Crippen molar-refractivity contribution >= 4 is 5.97 Å². The molecule has 0 saturated heterocycles. The van der Waals surface area contributed by atoms with Crippen LogP contribution >= 0.6 is 0 Å². The lowest BCUT2D eigenvalue weighted by Gasteiger charge is -2.53. The lowest BCUT2D eigenvalue weighted by Crippen LogP contribution is -2.60. The van der Waals surface area contributed by atoms with E-state index in [1.165, 1.54) is 11.1 Å². The molecule has 3 aliphatic rings. The fourth-order valence-electron chi connectivity index (χ4n) is 8.85. The Morgan fingerprint density at radius 1 is 0.894 bits per heavy atom. The molecule has 4 nitrogen and oxygen atoms in total. The number of aromatic hydroxyl groups is 1. The predicted molar refractivity (Wildman–Crippen MR) is 156 cm³/mol. The van der Waals surface area contributed by atoms with Crippen LogP contribution in [0.15, 0.2) is 18.2 Å². The smallest absolute Gasteiger partial charge is 0.460 e. The number of halogens is 9. The van der Waals surface area contributed by atoms with E-state index in [0.29, 0.717) is 36.5 Å². The summed E-state index contributed by atoms with van der Waals surface area (Å²) in [6.07, 6.45) is -0.984. The third kappa shape index (κ3) is 7.39. The summed E-state index contributed by atoms with van der Waals surface area (Å²) in [5, 5.41) is 30.3. The molecule has 4 rings (SSSR count). The van der Waals surface area contributed by atoms with E-state index in [-0.39, 0.29) is 30.1 Å². The Balaban J connectivity index is 1.23. The normalized spacial score (nSPS) is 28.8. The minimum atomic E-state index is -6.98. The molecule has 0 aliphatic heterocycles. The summed E-state index contributed by atoms with van der Waals surface area (Å²) >= 11 is 0. The van der Waals surface area contributed by atoms with Crippen molar-refractivity contribution in [3.8, 4) is 5.75 Å². The van der Waals surface area contributed by atoms with Gasteiger partial charge in [0.2, 0.25) is 0 Å². The van der Waals surface area contributed by atoms with Crippen molar-refractivity contribution in [3.05, 3.63) is 29.3 Å². The number of aliphatic hydroxyl groups excluding tert-OH is 1. The number of carbonyl (C=O) groups is 1. The molecule has 0 heterocycles. The van der Waals surface area contributed by atoms with E-state index in [0.717, 1.165) is 57.8 Å². The number of carboxylic acid groups (broad SMARTS) is 1. The molecule has 13 heteroatoms. The Labute approximate surface area is 269 Å². The second-order valence-electron chi connectivity index (χ2n) is 14.4. The van der Waals surface area contributed by atoms with Crippen molar-refractivity contribution in [2.45, 2.75) is 139 Å². The van der Waals surface area contributed by atoms with Crippen molar-refractivity contribution in [1.82, 2.24) is 0 Å². The number of carboxylic acids is 1. The molecule has 6 unspecified atom stereocenters. The fourth-order valence-corrected chi connectivity index (χ4v) is 8.85. The topological polar surface area (TPSA) is 77.8 Å². The fraction of sp³-hybridized carbons (Fsp3) is 0.794. The highest BCUT2D eigenvalue weighted by Crippen LogP contribution is 2.63. The summed E-state index contributed by atoms with van der Waals surface area (Å²) in [4.78, 5) is 11.5. The summed E-state index contributed by atoms with van der Waals surface area (Å²) in [6, 6.07) is 5.67. The van der Waals surface area contributed by atoms with E-state index in [2.05, 4.69) is 13.0 Å². The Kier molecular flexibility index (Phi) is 11.2. The number of benzene rings is 1. The molecule has 3 aliphatic carbocycles. The molecule has 0 radical (unpaired) electrons. The van der Waals surface area contributed by atoms with Gasteiger partial charge in [-0.15, -0.1) is 0 Å². The first-order valence-electron chi connectivity index (χ1n) is 16.7. The van der Waals surface area contributed by atoms with Gasteiger partial charge >= 0.3 is 29.9 Å². The van der Waals surface area contributed by atoms with Crippen LogP contribution in [0.4, 0.5) is 39.5 Å². The summed E-state index contributed by atoms with van der Waals surface area (Å²) in [6.45, 7) is 2.22. The third-order valence-corrected chi connectivity index (χ3v) is 11.6. The van der Waals surface area contributed by atoms with Gasteiger partial charge in [-0.2, -0.15) is 39.5 Å². The van der Waals surface area contributed by atoms with Crippen LogP contribution in [0.5, 0.6) is 5.75 Å². The van der Waals surface area contributed by atoms with E-state index >= 15 is 0 Å². The second kappa shape index (κ2) is 14.0. The van der Waals surface area contributed by atoms with Crippen molar-refractivity contribution in [2.75, 3.05) is 0 Å². The summed E-state index contributed by atoms with van der Waals surface area (Å²) in [5.41, 5.74) is 2.40. The van der Waals surface area contributed by atoms with E-state index in [1.807, 2.05) is 6.07 Å². The van der Waals surface area contributed by atoms with Gasteiger partial charge in [0.15, 0.2) is 0 Å². The minimum absolute atomic E-state index is 0.0907. The zero-order valence-corrected chi connectivity index (χ0v) is 26.5. The van der Waals surface area contributed by atoms with Crippen LogP contribution < -0.4 is 0 Å². The van der Waals surface area contributed by atoms with Gasteiger partial charge < -0.3 is 15.3 Å². The predicted octanol–water partition coefficient (Wildman–Crippen LogP) is 9.91. The SMILES string of the molecule is C[C@]12CCC3c4ccc(O)cc4CC(CCCCCCCCC(CCC(F)(F)C(F)(F)C(F)(F)C(F)(F)F)C(=O)O)C3C1CCC2O. The van der Waals surface area contributed by atoms with Gasteiger partial charge in [0.1, 0.15) is 5.75 Å². The number of alkyl halides is 9. The Morgan fingerprint density at radius 2 is 1.53 bits per heavy atom. The Hall–Kier alpha value is -2.18. The zero-order chi connectivity index (χ0) is 35.0. The number of aliphatic hydroxyl groups is 1. The van der Waals surface area contributed by atoms with Crippen LogP contribution in [0.25, 0.3) is 0 Å². The molecule has 7 atom stereocenters. The molecular weight excluding hydrogens is 643 g/mol. The molecular formula is C34H45F9O4. The molecule has 1 aromatic carbocycles.